The third kappa shape index (κ3) is 2.29. The average molecular weight is 387 g/mol. The number of halogens is 1. The van der Waals surface area contributed by atoms with Crippen molar-refractivity contribution in [3.05, 3.63) is 64.1 Å². The predicted octanol–water partition coefficient (Wildman–Crippen LogP) is 3.66. The van der Waals surface area contributed by atoms with E-state index < -0.39 is 6.23 Å². The highest BCUT2D eigenvalue weighted by atomic mass is 79.9. The van der Waals surface area contributed by atoms with Gasteiger partial charge in [-0.05, 0) is 35.9 Å². The van der Waals surface area contributed by atoms with E-state index in [9.17, 15) is 9.59 Å². The zero-order valence-corrected chi connectivity index (χ0v) is 14.6. The number of fused-ring (bicyclic) bond motifs is 4. The summed E-state index contributed by atoms with van der Waals surface area (Å²) < 4.78 is 6.38. The van der Waals surface area contributed by atoms with Crippen LogP contribution >= 0.6 is 15.9 Å². The normalized spacial score (nSPS) is 21.7. The van der Waals surface area contributed by atoms with Gasteiger partial charge in [-0.2, -0.15) is 0 Å². The Labute approximate surface area is 147 Å². The molecule has 0 radical (unpaired) electrons. The zero-order valence-electron chi connectivity index (χ0n) is 13.0. The summed E-state index contributed by atoms with van der Waals surface area (Å²) in [4.78, 5) is 24.5. The molecule has 24 heavy (non-hydrogen) atoms. The summed E-state index contributed by atoms with van der Waals surface area (Å²) in [5.74, 6) is -0.534. The summed E-state index contributed by atoms with van der Waals surface area (Å²) in [6.45, 7) is 1.37. The Hall–Kier alpha value is -2.34. The van der Waals surface area contributed by atoms with Gasteiger partial charge in [-0.3, -0.25) is 14.6 Å². The van der Waals surface area contributed by atoms with Gasteiger partial charge < -0.3 is 4.74 Å². The number of hydrogen-bond donors (Lipinski definition) is 0. The highest BCUT2D eigenvalue weighted by molar-refractivity contribution is 9.10. The highest BCUT2D eigenvalue weighted by Gasteiger charge is 2.50. The maximum atomic E-state index is 13.0. The fraction of sp³-hybridized carbons (Fsp3) is 0.222. The van der Waals surface area contributed by atoms with E-state index in [4.69, 9.17) is 4.74 Å². The van der Waals surface area contributed by atoms with Crippen molar-refractivity contribution in [1.82, 2.24) is 5.01 Å². The van der Waals surface area contributed by atoms with Gasteiger partial charge in [0.25, 0.3) is 5.91 Å². The number of ether oxygens (including phenoxy) is 1. The zero-order chi connectivity index (χ0) is 16.8. The van der Waals surface area contributed by atoms with Crippen LogP contribution in [0.4, 0.5) is 5.69 Å². The van der Waals surface area contributed by atoms with Gasteiger partial charge in [0.1, 0.15) is 0 Å². The molecule has 0 N–H and O–H groups in total. The van der Waals surface area contributed by atoms with E-state index in [1.807, 2.05) is 53.5 Å². The molecule has 2 heterocycles. The van der Waals surface area contributed by atoms with Crippen LogP contribution in [0.15, 0.2) is 53.0 Å². The van der Waals surface area contributed by atoms with Crippen molar-refractivity contribution in [3.8, 4) is 0 Å². The number of carbonyl (C=O) groups is 2. The number of esters is 1. The molecular weight excluding hydrogens is 372 g/mol. The van der Waals surface area contributed by atoms with Crippen molar-refractivity contribution in [1.29, 1.82) is 0 Å². The van der Waals surface area contributed by atoms with E-state index >= 15 is 0 Å². The summed E-state index contributed by atoms with van der Waals surface area (Å²) in [6, 6.07) is 15.3. The van der Waals surface area contributed by atoms with E-state index in [0.717, 1.165) is 15.7 Å². The molecule has 2 aliphatic heterocycles. The van der Waals surface area contributed by atoms with E-state index in [1.165, 1.54) is 6.92 Å². The summed E-state index contributed by atoms with van der Waals surface area (Å²) in [5.41, 5.74) is 2.53. The third-order valence-corrected chi connectivity index (χ3v) is 4.91. The van der Waals surface area contributed by atoms with E-state index in [1.54, 1.807) is 5.01 Å². The van der Waals surface area contributed by atoms with Crippen molar-refractivity contribution >= 4 is 33.5 Å². The Bertz CT molecular complexity index is 821. The molecule has 0 saturated carbocycles. The van der Waals surface area contributed by atoms with Crippen LogP contribution in [-0.2, 0) is 9.53 Å². The van der Waals surface area contributed by atoms with Gasteiger partial charge in [0.2, 0.25) is 0 Å². The smallest absolute Gasteiger partial charge is 0.304 e. The molecular formula is C18H15BrN2O3. The number of hydrazine groups is 1. The molecule has 122 valence electrons. The van der Waals surface area contributed by atoms with E-state index in [0.29, 0.717) is 12.0 Å². The first kappa shape index (κ1) is 15.2. The lowest BCUT2D eigenvalue weighted by Crippen LogP contribution is -2.50. The second kappa shape index (κ2) is 5.63. The van der Waals surface area contributed by atoms with Crippen LogP contribution in [0.2, 0.25) is 0 Å². The van der Waals surface area contributed by atoms with Crippen LogP contribution in [-0.4, -0.2) is 23.1 Å². The number of rotatable bonds is 2. The molecule has 2 aromatic rings. The van der Waals surface area contributed by atoms with Crippen molar-refractivity contribution in [2.45, 2.75) is 25.6 Å². The van der Waals surface area contributed by atoms with Crippen LogP contribution in [0.3, 0.4) is 0 Å². The molecule has 0 aliphatic carbocycles. The Morgan fingerprint density at radius 1 is 1.12 bits per heavy atom. The Balaban J connectivity index is 1.83. The van der Waals surface area contributed by atoms with Gasteiger partial charge in [-0.25, -0.2) is 5.01 Å². The monoisotopic (exact) mass is 386 g/mol. The Kier molecular flexibility index (Phi) is 3.57. The van der Waals surface area contributed by atoms with Gasteiger partial charge in [-0.1, -0.05) is 34.1 Å². The van der Waals surface area contributed by atoms with Gasteiger partial charge in [-0.15, -0.1) is 0 Å². The lowest BCUT2D eigenvalue weighted by molar-refractivity contribution is -0.151. The molecule has 2 atom stereocenters. The van der Waals surface area contributed by atoms with Gasteiger partial charge >= 0.3 is 5.97 Å². The first-order valence-electron chi connectivity index (χ1n) is 7.70. The number of amides is 1. The fourth-order valence-corrected chi connectivity index (χ4v) is 3.72. The van der Waals surface area contributed by atoms with Crippen molar-refractivity contribution in [2.75, 3.05) is 5.01 Å². The predicted molar refractivity (Wildman–Crippen MR) is 92.1 cm³/mol. The standard InChI is InChI=1S/C18H15BrN2O3/c1-11(22)24-17-10-16-14-4-2-3-5-15(14)18(23)21(17)20(16)13-8-6-12(19)7-9-13/h2-9,16-17H,10H2,1H3/t16-,17+/m0/s1. The van der Waals surface area contributed by atoms with Crippen molar-refractivity contribution in [2.24, 2.45) is 0 Å². The van der Waals surface area contributed by atoms with Gasteiger partial charge in [0, 0.05) is 23.4 Å². The van der Waals surface area contributed by atoms with Crippen LogP contribution in [0.25, 0.3) is 0 Å². The lowest BCUT2D eigenvalue weighted by atomic mass is 9.97. The molecule has 1 amide bonds. The largest absolute Gasteiger partial charge is 0.440 e. The maximum absolute atomic E-state index is 13.0. The van der Waals surface area contributed by atoms with Gasteiger partial charge in [0.15, 0.2) is 6.23 Å². The first-order chi connectivity index (χ1) is 11.6. The number of benzene rings is 2. The molecule has 2 aromatic carbocycles. The van der Waals surface area contributed by atoms with Gasteiger partial charge in [0.05, 0.1) is 11.7 Å². The minimum Gasteiger partial charge on any atom is -0.440 e. The lowest BCUT2D eigenvalue weighted by Gasteiger charge is -2.39. The second-order valence-electron chi connectivity index (χ2n) is 5.87. The molecule has 0 aromatic heterocycles. The number of nitrogens with zero attached hydrogens (tertiary/aromatic N) is 2. The van der Waals surface area contributed by atoms with Crippen molar-refractivity contribution < 1.29 is 14.3 Å². The minimum atomic E-state index is -0.587. The third-order valence-electron chi connectivity index (χ3n) is 4.38. The topological polar surface area (TPSA) is 49.9 Å². The fourth-order valence-electron chi connectivity index (χ4n) is 3.46. The molecule has 0 spiro atoms. The minimum absolute atomic E-state index is 0.0376. The Morgan fingerprint density at radius 3 is 2.54 bits per heavy atom. The van der Waals surface area contributed by atoms with Crippen LogP contribution in [0, 0.1) is 0 Å². The van der Waals surface area contributed by atoms with E-state index in [-0.39, 0.29) is 17.9 Å². The molecule has 0 unspecified atom stereocenters. The molecule has 1 fully saturated rings. The summed E-state index contributed by atoms with van der Waals surface area (Å²) >= 11 is 3.43. The number of anilines is 1. The SMILES string of the molecule is CC(=O)O[C@@H]1C[C@H]2c3ccccc3C(=O)N1N2c1ccc(Br)cc1. The summed E-state index contributed by atoms with van der Waals surface area (Å²) in [5, 5.41) is 3.50. The summed E-state index contributed by atoms with van der Waals surface area (Å²) in [6.07, 6.45) is -0.0330. The maximum Gasteiger partial charge on any atom is 0.304 e. The van der Waals surface area contributed by atoms with Crippen molar-refractivity contribution in [3.63, 3.8) is 0 Å². The van der Waals surface area contributed by atoms with E-state index in [2.05, 4.69) is 15.9 Å². The first-order valence-corrected chi connectivity index (χ1v) is 8.50. The molecule has 6 heteroatoms. The number of hydrogen-bond acceptors (Lipinski definition) is 4. The van der Waals surface area contributed by atoms with Crippen LogP contribution in [0.1, 0.15) is 35.3 Å². The average Bonchev–Trinajstić information content (AvgIpc) is 2.87. The molecule has 5 nitrogen and oxygen atoms in total. The summed E-state index contributed by atoms with van der Waals surface area (Å²) in [7, 11) is 0. The quantitative estimate of drug-likeness (QED) is 0.739. The molecule has 2 aliphatic rings. The van der Waals surface area contributed by atoms with Crippen LogP contribution < -0.4 is 5.01 Å². The highest BCUT2D eigenvalue weighted by Crippen LogP contribution is 2.46. The molecule has 2 bridgehead atoms. The Morgan fingerprint density at radius 2 is 1.83 bits per heavy atom. The van der Waals surface area contributed by atoms with Crippen LogP contribution in [0.5, 0.6) is 0 Å². The molecule has 4 rings (SSSR count). The second-order valence-corrected chi connectivity index (χ2v) is 6.79. The number of carbonyl (C=O) groups excluding carboxylic acids is 2. The molecule has 1 saturated heterocycles.